The Balaban J connectivity index is 2.01. The van der Waals surface area contributed by atoms with E-state index in [1.807, 2.05) is 51.3 Å². The first-order valence-corrected chi connectivity index (χ1v) is 13.7. The maximum Gasteiger partial charge on any atom is 0.264 e. The first kappa shape index (κ1) is 25.6. The van der Waals surface area contributed by atoms with Crippen LogP contribution in [0.1, 0.15) is 32.3 Å². The first-order chi connectivity index (χ1) is 16.3. The van der Waals surface area contributed by atoms with Crippen molar-refractivity contribution in [1.82, 2.24) is 0 Å². The molecule has 1 amide bonds. The number of benzene rings is 3. The maximum absolute atomic E-state index is 13.7. The molecule has 0 aliphatic heterocycles. The van der Waals surface area contributed by atoms with Crippen LogP contribution in [0.4, 0.5) is 11.4 Å². The van der Waals surface area contributed by atoms with E-state index in [1.54, 1.807) is 48.5 Å². The lowest BCUT2D eigenvalue weighted by Crippen LogP contribution is -2.38. The van der Waals surface area contributed by atoms with Gasteiger partial charge in [0.25, 0.3) is 10.0 Å². The smallest absolute Gasteiger partial charge is 0.264 e. The number of sulfonamides is 1. The molecule has 0 bridgehead atoms. The molecule has 180 valence electrons. The number of thioether (sulfide) groups is 1. The molecule has 3 rings (SSSR count). The van der Waals surface area contributed by atoms with Crippen molar-refractivity contribution in [3.8, 4) is 5.75 Å². The average molecular weight is 499 g/mol. The van der Waals surface area contributed by atoms with E-state index in [4.69, 9.17) is 4.74 Å². The van der Waals surface area contributed by atoms with Crippen LogP contribution >= 0.6 is 11.8 Å². The molecule has 1 N–H and O–H groups in total. The molecular formula is C26H30N2O4S2. The van der Waals surface area contributed by atoms with Crippen molar-refractivity contribution in [1.29, 1.82) is 0 Å². The van der Waals surface area contributed by atoms with Crippen molar-refractivity contribution in [2.45, 2.75) is 36.5 Å². The van der Waals surface area contributed by atoms with Crippen LogP contribution in [-0.4, -0.2) is 33.7 Å². The van der Waals surface area contributed by atoms with Gasteiger partial charge in [0.15, 0.2) is 0 Å². The summed E-state index contributed by atoms with van der Waals surface area (Å²) in [6.07, 6.45) is 1.92. The SMILES string of the molecule is CCOc1ccccc1N(CC(=O)Nc1ccccc1C(C)C)S(=O)(=O)c1ccc(SC)cc1. The Morgan fingerprint density at radius 2 is 1.65 bits per heavy atom. The standard InChI is InChI=1S/C26H30N2O4S2/c1-5-32-25-13-9-8-12-24(25)28(34(30,31)21-16-14-20(33-4)15-17-21)18-26(29)27-23-11-7-6-10-22(23)19(2)3/h6-17,19H,5,18H2,1-4H3,(H,27,29). The molecule has 0 fully saturated rings. The van der Waals surface area contributed by atoms with Crippen molar-refractivity contribution in [2.24, 2.45) is 0 Å². The summed E-state index contributed by atoms with van der Waals surface area (Å²) in [6.45, 7) is 5.87. The minimum atomic E-state index is -4.05. The summed E-state index contributed by atoms with van der Waals surface area (Å²) in [5, 5.41) is 2.90. The van der Waals surface area contributed by atoms with Crippen molar-refractivity contribution >= 4 is 39.1 Å². The second-order valence-corrected chi connectivity index (χ2v) is 10.6. The largest absolute Gasteiger partial charge is 0.492 e. The highest BCUT2D eigenvalue weighted by atomic mass is 32.2. The van der Waals surface area contributed by atoms with Crippen LogP contribution in [0.25, 0.3) is 0 Å². The molecule has 0 atom stereocenters. The number of hydrogen-bond acceptors (Lipinski definition) is 5. The summed E-state index contributed by atoms with van der Waals surface area (Å²) in [6, 6.07) is 21.0. The van der Waals surface area contributed by atoms with Gasteiger partial charge in [0.05, 0.1) is 17.2 Å². The summed E-state index contributed by atoms with van der Waals surface area (Å²) < 4.78 is 34.3. The van der Waals surface area contributed by atoms with E-state index in [0.717, 1.165) is 14.8 Å². The molecule has 3 aromatic rings. The number of carbonyl (C=O) groups excluding carboxylic acids is 1. The Labute approximate surface area is 206 Å². The Morgan fingerprint density at radius 3 is 2.29 bits per heavy atom. The van der Waals surface area contributed by atoms with Crippen LogP contribution in [0.5, 0.6) is 5.75 Å². The fourth-order valence-corrected chi connectivity index (χ4v) is 5.39. The quantitative estimate of drug-likeness (QED) is 0.360. The zero-order chi connectivity index (χ0) is 24.7. The number of ether oxygens (including phenoxy) is 1. The van der Waals surface area contributed by atoms with Crippen molar-refractivity contribution in [3.63, 3.8) is 0 Å². The van der Waals surface area contributed by atoms with Gasteiger partial charge in [-0.25, -0.2) is 8.42 Å². The predicted octanol–water partition coefficient (Wildman–Crippen LogP) is 5.76. The molecule has 0 aliphatic rings. The topological polar surface area (TPSA) is 75.7 Å². The van der Waals surface area contributed by atoms with Gasteiger partial charge in [-0.05, 0) is 67.1 Å². The molecule has 34 heavy (non-hydrogen) atoms. The third kappa shape index (κ3) is 5.93. The molecule has 0 heterocycles. The molecule has 8 heteroatoms. The van der Waals surface area contributed by atoms with Crippen molar-refractivity contribution < 1.29 is 17.9 Å². The summed E-state index contributed by atoms with van der Waals surface area (Å²) in [7, 11) is -4.05. The summed E-state index contributed by atoms with van der Waals surface area (Å²) in [5.41, 5.74) is 1.96. The summed E-state index contributed by atoms with van der Waals surface area (Å²) in [4.78, 5) is 14.2. The Kier molecular flexibility index (Phi) is 8.63. The molecule has 0 saturated heterocycles. The van der Waals surface area contributed by atoms with Crippen LogP contribution in [0.3, 0.4) is 0 Å². The second kappa shape index (κ2) is 11.4. The van der Waals surface area contributed by atoms with E-state index < -0.39 is 22.5 Å². The minimum absolute atomic E-state index is 0.104. The molecule has 3 aromatic carbocycles. The number of rotatable bonds is 10. The highest BCUT2D eigenvalue weighted by Crippen LogP contribution is 2.33. The maximum atomic E-state index is 13.7. The molecule has 0 aliphatic carbocycles. The predicted molar refractivity (Wildman–Crippen MR) is 140 cm³/mol. The number of amides is 1. The highest BCUT2D eigenvalue weighted by molar-refractivity contribution is 7.98. The monoisotopic (exact) mass is 498 g/mol. The normalized spacial score (nSPS) is 11.3. The van der Waals surface area contributed by atoms with Gasteiger partial charge >= 0.3 is 0 Å². The highest BCUT2D eigenvalue weighted by Gasteiger charge is 2.29. The van der Waals surface area contributed by atoms with E-state index in [2.05, 4.69) is 5.32 Å². The van der Waals surface area contributed by atoms with Gasteiger partial charge in [-0.1, -0.05) is 44.2 Å². The number of nitrogens with zero attached hydrogens (tertiary/aromatic N) is 1. The van der Waals surface area contributed by atoms with Crippen LogP contribution in [0.2, 0.25) is 0 Å². The van der Waals surface area contributed by atoms with Crippen LogP contribution < -0.4 is 14.4 Å². The lowest BCUT2D eigenvalue weighted by Gasteiger charge is -2.26. The van der Waals surface area contributed by atoms with Crippen LogP contribution in [-0.2, 0) is 14.8 Å². The van der Waals surface area contributed by atoms with Gasteiger partial charge in [-0.15, -0.1) is 11.8 Å². The van der Waals surface area contributed by atoms with Crippen molar-refractivity contribution in [3.05, 3.63) is 78.4 Å². The fraction of sp³-hybridized carbons (Fsp3) is 0.269. The van der Waals surface area contributed by atoms with Gasteiger partial charge in [-0.2, -0.15) is 0 Å². The average Bonchev–Trinajstić information content (AvgIpc) is 2.83. The lowest BCUT2D eigenvalue weighted by atomic mass is 10.0. The molecule has 0 radical (unpaired) electrons. The summed E-state index contributed by atoms with van der Waals surface area (Å²) >= 11 is 1.52. The Morgan fingerprint density at radius 1 is 1.00 bits per heavy atom. The molecule has 6 nitrogen and oxygen atoms in total. The molecule has 0 aromatic heterocycles. The van der Waals surface area contributed by atoms with E-state index in [1.165, 1.54) is 11.8 Å². The summed E-state index contributed by atoms with van der Waals surface area (Å²) in [5.74, 6) is 0.151. The lowest BCUT2D eigenvalue weighted by molar-refractivity contribution is -0.114. The van der Waals surface area contributed by atoms with Gasteiger partial charge in [0.1, 0.15) is 12.3 Å². The van der Waals surface area contributed by atoms with Gasteiger partial charge in [-0.3, -0.25) is 9.10 Å². The molecule has 0 spiro atoms. The van der Waals surface area contributed by atoms with Crippen molar-refractivity contribution in [2.75, 3.05) is 29.0 Å². The zero-order valence-corrected chi connectivity index (χ0v) is 21.4. The number of anilines is 2. The van der Waals surface area contributed by atoms with E-state index in [-0.39, 0.29) is 10.8 Å². The third-order valence-electron chi connectivity index (χ3n) is 5.23. The number of hydrogen-bond donors (Lipinski definition) is 1. The van der Waals surface area contributed by atoms with Crippen LogP contribution in [0, 0.1) is 0 Å². The Hall–Kier alpha value is -2.97. The third-order valence-corrected chi connectivity index (χ3v) is 7.74. The fourth-order valence-electron chi connectivity index (χ4n) is 3.55. The minimum Gasteiger partial charge on any atom is -0.492 e. The second-order valence-electron chi connectivity index (χ2n) is 7.88. The molecule has 0 saturated carbocycles. The first-order valence-electron chi connectivity index (χ1n) is 11.0. The van der Waals surface area contributed by atoms with E-state index in [0.29, 0.717) is 23.7 Å². The van der Waals surface area contributed by atoms with Gasteiger partial charge < -0.3 is 10.1 Å². The zero-order valence-electron chi connectivity index (χ0n) is 19.8. The molecule has 0 unspecified atom stereocenters. The van der Waals surface area contributed by atoms with Gasteiger partial charge in [0, 0.05) is 10.6 Å². The van der Waals surface area contributed by atoms with E-state index >= 15 is 0 Å². The number of para-hydroxylation sites is 3. The van der Waals surface area contributed by atoms with Crippen LogP contribution in [0.15, 0.2) is 82.6 Å². The van der Waals surface area contributed by atoms with E-state index in [9.17, 15) is 13.2 Å². The molecular weight excluding hydrogens is 468 g/mol. The Bertz CT molecular complexity index is 1230. The number of carbonyl (C=O) groups is 1. The number of nitrogens with one attached hydrogen (secondary N) is 1. The van der Waals surface area contributed by atoms with Gasteiger partial charge in [0.2, 0.25) is 5.91 Å².